The maximum Gasteiger partial charge on any atom is 0.0400 e. The Morgan fingerprint density at radius 1 is 0.727 bits per heavy atom. The second-order valence-corrected chi connectivity index (χ2v) is 5.73. The summed E-state index contributed by atoms with van der Waals surface area (Å²) in [6, 6.07) is 25.8. The Balaban J connectivity index is 1.69. The van der Waals surface area contributed by atoms with E-state index in [1.165, 1.54) is 33.5 Å². The maximum atomic E-state index is 3.52. The van der Waals surface area contributed by atoms with Gasteiger partial charge in [0, 0.05) is 12.2 Å². The summed E-state index contributed by atoms with van der Waals surface area (Å²) in [5.41, 5.74) is 7.61. The zero-order chi connectivity index (χ0) is 15.4. The molecule has 3 aromatic carbocycles. The monoisotopic (exact) mass is 287 g/mol. The van der Waals surface area contributed by atoms with Crippen LogP contribution in [0.5, 0.6) is 0 Å². The predicted octanol–water partition coefficient (Wildman–Crippen LogP) is 5.58. The molecule has 0 fully saturated rings. The van der Waals surface area contributed by atoms with Crippen molar-refractivity contribution in [3.8, 4) is 11.1 Å². The van der Waals surface area contributed by atoms with Crippen molar-refractivity contribution in [1.29, 1.82) is 0 Å². The summed E-state index contributed by atoms with van der Waals surface area (Å²) in [5, 5.41) is 3.52. The first kappa shape index (κ1) is 14.4. The van der Waals surface area contributed by atoms with Crippen molar-refractivity contribution in [3.63, 3.8) is 0 Å². The molecule has 0 bridgehead atoms. The number of anilines is 1. The van der Waals surface area contributed by atoms with E-state index in [0.29, 0.717) is 0 Å². The first-order chi connectivity index (χ1) is 10.7. The van der Waals surface area contributed by atoms with E-state index in [9.17, 15) is 0 Å². The second-order valence-electron chi connectivity index (χ2n) is 5.73. The van der Waals surface area contributed by atoms with Gasteiger partial charge in [-0.05, 0) is 42.2 Å². The number of hydrogen-bond acceptors (Lipinski definition) is 1. The Bertz CT molecular complexity index is 743. The Morgan fingerprint density at radius 2 is 1.41 bits per heavy atom. The van der Waals surface area contributed by atoms with Gasteiger partial charge in [-0.25, -0.2) is 0 Å². The Kier molecular flexibility index (Phi) is 4.24. The summed E-state index contributed by atoms with van der Waals surface area (Å²) in [7, 11) is 0. The molecule has 1 heteroatoms. The molecule has 22 heavy (non-hydrogen) atoms. The van der Waals surface area contributed by atoms with E-state index in [1.807, 2.05) is 6.07 Å². The van der Waals surface area contributed by atoms with Crippen LogP contribution in [-0.2, 0) is 6.54 Å². The van der Waals surface area contributed by atoms with Crippen LogP contribution in [0.15, 0.2) is 72.8 Å². The molecule has 0 spiro atoms. The van der Waals surface area contributed by atoms with Gasteiger partial charge in [-0.1, -0.05) is 72.3 Å². The van der Waals surface area contributed by atoms with E-state index in [0.717, 1.165) is 6.54 Å². The molecular weight excluding hydrogens is 266 g/mol. The van der Waals surface area contributed by atoms with Gasteiger partial charge in [0.05, 0.1) is 0 Å². The number of benzene rings is 3. The second kappa shape index (κ2) is 6.48. The van der Waals surface area contributed by atoms with Crippen LogP contribution in [0.2, 0.25) is 0 Å². The minimum atomic E-state index is 0.846. The van der Waals surface area contributed by atoms with Crippen molar-refractivity contribution >= 4 is 5.69 Å². The van der Waals surface area contributed by atoms with E-state index >= 15 is 0 Å². The minimum Gasteiger partial charge on any atom is -0.381 e. The van der Waals surface area contributed by atoms with Gasteiger partial charge in [-0.15, -0.1) is 0 Å². The van der Waals surface area contributed by atoms with Crippen LogP contribution in [0.3, 0.4) is 0 Å². The van der Waals surface area contributed by atoms with Crippen molar-refractivity contribution in [2.45, 2.75) is 20.4 Å². The fraction of sp³-hybridized carbons (Fsp3) is 0.143. The number of hydrogen-bond donors (Lipinski definition) is 1. The molecule has 0 saturated carbocycles. The first-order valence-electron chi connectivity index (χ1n) is 7.68. The Labute approximate surface area is 132 Å². The van der Waals surface area contributed by atoms with Gasteiger partial charge in [0.1, 0.15) is 0 Å². The van der Waals surface area contributed by atoms with Gasteiger partial charge < -0.3 is 5.32 Å². The number of nitrogens with one attached hydrogen (secondary N) is 1. The average molecular weight is 287 g/mol. The van der Waals surface area contributed by atoms with Crippen LogP contribution in [0, 0.1) is 13.8 Å². The third-order valence-electron chi connectivity index (χ3n) is 3.93. The van der Waals surface area contributed by atoms with Gasteiger partial charge in [0.25, 0.3) is 0 Å². The molecular formula is C21H21N. The Hall–Kier alpha value is -2.54. The highest BCUT2D eigenvalue weighted by Gasteiger charge is 2.00. The minimum absolute atomic E-state index is 0.846. The van der Waals surface area contributed by atoms with E-state index in [2.05, 4.69) is 85.9 Å². The highest BCUT2D eigenvalue weighted by molar-refractivity contribution is 5.63. The lowest BCUT2D eigenvalue weighted by atomic mass is 10.0. The van der Waals surface area contributed by atoms with Crippen LogP contribution >= 0.6 is 0 Å². The summed E-state index contributed by atoms with van der Waals surface area (Å²) in [6.07, 6.45) is 0. The molecule has 1 nitrogen and oxygen atoms in total. The molecule has 3 rings (SSSR count). The third-order valence-corrected chi connectivity index (χ3v) is 3.93. The van der Waals surface area contributed by atoms with Gasteiger partial charge in [0.15, 0.2) is 0 Å². The lowest BCUT2D eigenvalue weighted by molar-refractivity contribution is 1.14. The Morgan fingerprint density at radius 3 is 2.09 bits per heavy atom. The summed E-state index contributed by atoms with van der Waals surface area (Å²) in [6.45, 7) is 5.12. The topological polar surface area (TPSA) is 12.0 Å². The third kappa shape index (κ3) is 3.37. The number of rotatable bonds is 4. The van der Waals surface area contributed by atoms with Crippen molar-refractivity contribution in [2.24, 2.45) is 0 Å². The van der Waals surface area contributed by atoms with Gasteiger partial charge in [-0.3, -0.25) is 0 Å². The largest absolute Gasteiger partial charge is 0.381 e. The average Bonchev–Trinajstić information content (AvgIpc) is 2.55. The lowest BCUT2D eigenvalue weighted by Crippen LogP contribution is -2.01. The van der Waals surface area contributed by atoms with E-state index < -0.39 is 0 Å². The SMILES string of the molecule is Cc1ccc(NCc2ccc(-c3ccccc3)cc2)c(C)c1. The fourth-order valence-corrected chi connectivity index (χ4v) is 2.65. The van der Waals surface area contributed by atoms with Crippen LogP contribution < -0.4 is 5.32 Å². The number of aryl methyl sites for hydroxylation is 2. The normalized spacial score (nSPS) is 10.5. The molecule has 0 atom stereocenters. The standard InChI is InChI=1S/C21H21N/c1-16-8-13-21(17(2)14-16)22-15-18-9-11-20(12-10-18)19-6-4-3-5-7-19/h3-14,22H,15H2,1-2H3. The molecule has 110 valence electrons. The highest BCUT2D eigenvalue weighted by atomic mass is 14.9. The molecule has 0 radical (unpaired) electrons. The van der Waals surface area contributed by atoms with Crippen molar-refractivity contribution in [3.05, 3.63) is 89.5 Å². The van der Waals surface area contributed by atoms with Crippen LogP contribution in [-0.4, -0.2) is 0 Å². The van der Waals surface area contributed by atoms with E-state index in [1.54, 1.807) is 0 Å². The predicted molar refractivity (Wildman–Crippen MR) is 95.1 cm³/mol. The van der Waals surface area contributed by atoms with Gasteiger partial charge in [-0.2, -0.15) is 0 Å². The molecule has 0 aliphatic rings. The fourth-order valence-electron chi connectivity index (χ4n) is 2.65. The zero-order valence-electron chi connectivity index (χ0n) is 13.1. The summed E-state index contributed by atoms with van der Waals surface area (Å²) in [5.74, 6) is 0. The van der Waals surface area contributed by atoms with Crippen molar-refractivity contribution < 1.29 is 0 Å². The molecule has 0 aliphatic heterocycles. The van der Waals surface area contributed by atoms with Gasteiger partial charge in [0.2, 0.25) is 0 Å². The zero-order valence-corrected chi connectivity index (χ0v) is 13.1. The smallest absolute Gasteiger partial charge is 0.0400 e. The van der Waals surface area contributed by atoms with Gasteiger partial charge >= 0.3 is 0 Å². The van der Waals surface area contributed by atoms with Crippen LogP contribution in [0.1, 0.15) is 16.7 Å². The molecule has 0 saturated heterocycles. The summed E-state index contributed by atoms with van der Waals surface area (Å²) >= 11 is 0. The lowest BCUT2D eigenvalue weighted by Gasteiger charge is -2.11. The highest BCUT2D eigenvalue weighted by Crippen LogP contribution is 2.20. The van der Waals surface area contributed by atoms with Crippen molar-refractivity contribution in [1.82, 2.24) is 0 Å². The molecule has 0 aliphatic carbocycles. The molecule has 0 heterocycles. The molecule has 0 unspecified atom stereocenters. The van der Waals surface area contributed by atoms with E-state index in [-0.39, 0.29) is 0 Å². The summed E-state index contributed by atoms with van der Waals surface area (Å²) < 4.78 is 0. The summed E-state index contributed by atoms with van der Waals surface area (Å²) in [4.78, 5) is 0. The van der Waals surface area contributed by atoms with Crippen LogP contribution in [0.4, 0.5) is 5.69 Å². The van der Waals surface area contributed by atoms with E-state index in [4.69, 9.17) is 0 Å². The maximum absolute atomic E-state index is 3.52. The van der Waals surface area contributed by atoms with Crippen LogP contribution in [0.25, 0.3) is 11.1 Å². The molecule has 1 N–H and O–H groups in total. The molecule has 0 aromatic heterocycles. The molecule has 0 amide bonds. The molecule has 3 aromatic rings. The quantitative estimate of drug-likeness (QED) is 0.660. The first-order valence-corrected chi connectivity index (χ1v) is 7.68. The van der Waals surface area contributed by atoms with Crippen molar-refractivity contribution in [2.75, 3.05) is 5.32 Å².